The third-order valence-corrected chi connectivity index (χ3v) is 6.40. The number of ether oxygens (including phenoxy) is 1. The van der Waals surface area contributed by atoms with E-state index in [9.17, 15) is 31.9 Å². The standard InChI is InChI=1S/C27H21F4N3O4S/c1-38-25(37)17-7-11-20(12-8-17)32-23(35)14-22-24(36)34(21-4-2-3-18(13-21)27(29,30)31)26(39)33(22)15-16-5-9-19(28)10-6-16/h2-13,22H,14-15H2,1H3,(H,32,35). The summed E-state index contributed by atoms with van der Waals surface area (Å²) >= 11 is 5.49. The fourth-order valence-corrected chi connectivity index (χ4v) is 4.44. The molecule has 7 nitrogen and oxygen atoms in total. The van der Waals surface area contributed by atoms with E-state index in [1.807, 2.05) is 0 Å². The summed E-state index contributed by atoms with van der Waals surface area (Å²) in [4.78, 5) is 40.4. The van der Waals surface area contributed by atoms with E-state index in [1.165, 1.54) is 66.6 Å². The van der Waals surface area contributed by atoms with Gasteiger partial charge in [0.25, 0.3) is 5.91 Å². The Balaban J connectivity index is 1.60. The highest BCUT2D eigenvalue weighted by atomic mass is 32.1. The van der Waals surface area contributed by atoms with Gasteiger partial charge in [0, 0.05) is 12.2 Å². The van der Waals surface area contributed by atoms with Gasteiger partial charge in [-0.1, -0.05) is 18.2 Å². The number of thiocarbonyl (C=S) groups is 1. The van der Waals surface area contributed by atoms with Crippen molar-refractivity contribution in [3.05, 3.63) is 95.3 Å². The molecule has 12 heteroatoms. The number of alkyl halides is 3. The molecule has 0 aliphatic carbocycles. The summed E-state index contributed by atoms with van der Waals surface area (Å²) in [6.07, 6.45) is -5.02. The lowest BCUT2D eigenvalue weighted by molar-refractivity contribution is -0.137. The predicted molar refractivity (Wildman–Crippen MR) is 138 cm³/mol. The highest BCUT2D eigenvalue weighted by molar-refractivity contribution is 7.80. The lowest BCUT2D eigenvalue weighted by Gasteiger charge is -2.24. The zero-order chi connectivity index (χ0) is 28.3. The van der Waals surface area contributed by atoms with E-state index in [-0.39, 0.29) is 29.3 Å². The lowest BCUT2D eigenvalue weighted by Crippen LogP contribution is -2.37. The van der Waals surface area contributed by atoms with Crippen molar-refractivity contribution in [2.24, 2.45) is 0 Å². The predicted octanol–water partition coefficient (Wildman–Crippen LogP) is 5.16. The summed E-state index contributed by atoms with van der Waals surface area (Å²) in [5, 5.41) is 2.54. The summed E-state index contributed by atoms with van der Waals surface area (Å²) < 4.78 is 58.1. The normalized spacial score (nSPS) is 15.5. The van der Waals surface area contributed by atoms with Crippen molar-refractivity contribution < 1.29 is 36.7 Å². The molecule has 3 aromatic carbocycles. The number of methoxy groups -OCH3 is 1. The van der Waals surface area contributed by atoms with Gasteiger partial charge >= 0.3 is 12.1 Å². The summed E-state index contributed by atoms with van der Waals surface area (Å²) in [5.74, 6) is -2.28. The van der Waals surface area contributed by atoms with Crippen LogP contribution in [0.5, 0.6) is 0 Å². The number of carbonyl (C=O) groups is 3. The molecule has 1 aliphatic rings. The molecule has 0 aromatic heterocycles. The Morgan fingerprint density at radius 1 is 1.03 bits per heavy atom. The minimum Gasteiger partial charge on any atom is -0.465 e. The molecule has 0 spiro atoms. The number of hydrogen-bond acceptors (Lipinski definition) is 5. The molecule has 0 bridgehead atoms. The Labute approximate surface area is 226 Å². The zero-order valence-electron chi connectivity index (χ0n) is 20.4. The van der Waals surface area contributed by atoms with Gasteiger partial charge < -0.3 is 15.0 Å². The van der Waals surface area contributed by atoms with Crippen molar-refractivity contribution in [2.45, 2.75) is 25.2 Å². The molecule has 2 amide bonds. The minimum atomic E-state index is -4.64. The monoisotopic (exact) mass is 559 g/mol. The van der Waals surface area contributed by atoms with E-state index < -0.39 is 41.4 Å². The van der Waals surface area contributed by atoms with Crippen molar-refractivity contribution >= 4 is 46.5 Å². The first-order chi connectivity index (χ1) is 18.5. The largest absolute Gasteiger partial charge is 0.465 e. The molecule has 1 aliphatic heterocycles. The number of hydrogen-bond donors (Lipinski definition) is 1. The number of nitrogens with one attached hydrogen (secondary N) is 1. The number of anilines is 2. The van der Waals surface area contributed by atoms with Crippen molar-refractivity contribution in [2.75, 3.05) is 17.3 Å². The van der Waals surface area contributed by atoms with Gasteiger partial charge in [-0.3, -0.25) is 14.5 Å². The van der Waals surface area contributed by atoms with Crippen LogP contribution in [0.1, 0.15) is 27.9 Å². The van der Waals surface area contributed by atoms with Gasteiger partial charge in [0.2, 0.25) is 5.91 Å². The molecule has 0 radical (unpaired) electrons. The first kappa shape index (κ1) is 27.7. The fraction of sp³-hybridized carbons (Fsp3) is 0.185. The second-order valence-corrected chi connectivity index (χ2v) is 8.96. The van der Waals surface area contributed by atoms with Crippen LogP contribution >= 0.6 is 12.2 Å². The van der Waals surface area contributed by atoms with Crippen LogP contribution in [0.3, 0.4) is 0 Å². The second kappa shape index (κ2) is 11.2. The molecule has 4 rings (SSSR count). The van der Waals surface area contributed by atoms with Gasteiger partial charge in [-0.15, -0.1) is 0 Å². The third kappa shape index (κ3) is 6.23. The van der Waals surface area contributed by atoms with Crippen LogP contribution in [-0.4, -0.2) is 40.9 Å². The Morgan fingerprint density at radius 3 is 2.31 bits per heavy atom. The molecular formula is C27H21F4N3O4S. The van der Waals surface area contributed by atoms with Crippen LogP contribution in [-0.2, 0) is 27.0 Å². The summed E-state index contributed by atoms with van der Waals surface area (Å²) in [7, 11) is 1.24. The molecule has 1 unspecified atom stereocenters. The molecule has 1 N–H and O–H groups in total. The van der Waals surface area contributed by atoms with E-state index >= 15 is 0 Å². The highest BCUT2D eigenvalue weighted by Gasteiger charge is 2.44. The topological polar surface area (TPSA) is 78.9 Å². The summed E-state index contributed by atoms with van der Waals surface area (Å²) in [6, 6.07) is 14.3. The minimum absolute atomic E-state index is 0.00604. The van der Waals surface area contributed by atoms with E-state index in [4.69, 9.17) is 12.2 Å². The van der Waals surface area contributed by atoms with Crippen molar-refractivity contribution in [3.63, 3.8) is 0 Å². The lowest BCUT2D eigenvalue weighted by atomic mass is 10.1. The Morgan fingerprint density at radius 2 is 1.69 bits per heavy atom. The molecule has 1 fully saturated rings. The van der Waals surface area contributed by atoms with E-state index in [1.54, 1.807) is 0 Å². The van der Waals surface area contributed by atoms with Gasteiger partial charge in [0.05, 0.1) is 30.3 Å². The number of benzene rings is 3. The maximum Gasteiger partial charge on any atom is 0.416 e. The average Bonchev–Trinajstić information content (AvgIpc) is 3.13. The van der Waals surface area contributed by atoms with Crippen molar-refractivity contribution in [1.82, 2.24) is 4.90 Å². The Bertz CT molecular complexity index is 1410. The Hall–Kier alpha value is -4.32. The maximum absolute atomic E-state index is 13.5. The van der Waals surface area contributed by atoms with Crippen LogP contribution in [0.4, 0.5) is 28.9 Å². The average molecular weight is 560 g/mol. The van der Waals surface area contributed by atoms with Gasteiger partial charge in [-0.05, 0) is 72.4 Å². The summed E-state index contributed by atoms with van der Waals surface area (Å²) in [6.45, 7) is 0.00604. The van der Waals surface area contributed by atoms with Gasteiger partial charge in [-0.25, -0.2) is 9.18 Å². The molecule has 202 valence electrons. The first-order valence-corrected chi connectivity index (χ1v) is 11.9. The molecule has 39 heavy (non-hydrogen) atoms. The quantitative estimate of drug-likeness (QED) is 0.245. The molecular weight excluding hydrogens is 538 g/mol. The maximum atomic E-state index is 13.5. The molecule has 1 saturated heterocycles. The van der Waals surface area contributed by atoms with Crippen LogP contribution in [0.25, 0.3) is 0 Å². The molecule has 1 atom stereocenters. The molecule has 1 heterocycles. The van der Waals surface area contributed by atoms with E-state index in [0.717, 1.165) is 23.1 Å². The van der Waals surface area contributed by atoms with Crippen molar-refractivity contribution in [1.29, 1.82) is 0 Å². The SMILES string of the molecule is COC(=O)c1ccc(NC(=O)CC2C(=O)N(c3cccc(C(F)(F)F)c3)C(=S)N2Cc2ccc(F)cc2)cc1. The Kier molecular flexibility index (Phi) is 7.95. The first-order valence-electron chi connectivity index (χ1n) is 11.5. The van der Waals surface area contributed by atoms with Gasteiger partial charge in [0.1, 0.15) is 11.9 Å². The smallest absolute Gasteiger partial charge is 0.416 e. The highest BCUT2D eigenvalue weighted by Crippen LogP contribution is 2.34. The zero-order valence-corrected chi connectivity index (χ0v) is 21.2. The number of carbonyl (C=O) groups excluding carboxylic acids is 3. The van der Waals surface area contributed by atoms with Crippen molar-refractivity contribution in [3.8, 4) is 0 Å². The molecule has 0 saturated carbocycles. The van der Waals surface area contributed by atoms with E-state index in [0.29, 0.717) is 11.3 Å². The van der Waals surface area contributed by atoms with Crippen LogP contribution < -0.4 is 10.2 Å². The van der Waals surface area contributed by atoms with Crippen LogP contribution in [0.15, 0.2) is 72.8 Å². The number of esters is 1. The summed E-state index contributed by atoms with van der Waals surface area (Å²) in [5.41, 5.74) is 0.137. The third-order valence-electron chi connectivity index (χ3n) is 5.99. The second-order valence-electron chi connectivity index (χ2n) is 8.60. The van der Waals surface area contributed by atoms with Gasteiger partial charge in [-0.2, -0.15) is 13.2 Å². The van der Waals surface area contributed by atoms with Crippen LogP contribution in [0, 0.1) is 5.82 Å². The van der Waals surface area contributed by atoms with Gasteiger partial charge in [0.15, 0.2) is 5.11 Å². The number of rotatable bonds is 7. The fourth-order valence-electron chi connectivity index (χ4n) is 4.05. The van der Waals surface area contributed by atoms with E-state index in [2.05, 4.69) is 10.1 Å². The number of nitrogens with zero attached hydrogens (tertiary/aromatic N) is 2. The number of halogens is 4. The number of amides is 2. The van der Waals surface area contributed by atoms with Crippen LogP contribution in [0.2, 0.25) is 0 Å². The molecule has 3 aromatic rings.